The summed E-state index contributed by atoms with van der Waals surface area (Å²) in [5, 5.41) is 2.68. The van der Waals surface area contributed by atoms with Crippen molar-refractivity contribution in [2.24, 2.45) is 0 Å². The van der Waals surface area contributed by atoms with E-state index < -0.39 is 11.8 Å². The van der Waals surface area contributed by atoms with Gasteiger partial charge in [0.25, 0.3) is 0 Å². The Balaban J connectivity index is 1.66. The summed E-state index contributed by atoms with van der Waals surface area (Å²) in [6, 6.07) is 11.2. The summed E-state index contributed by atoms with van der Waals surface area (Å²) < 4.78 is 15.9. The van der Waals surface area contributed by atoms with Crippen molar-refractivity contribution >= 4 is 11.8 Å². The number of carbonyl (C=O) groups is 2. The average molecular weight is 384 g/mol. The van der Waals surface area contributed by atoms with Crippen molar-refractivity contribution < 1.29 is 23.8 Å². The largest absolute Gasteiger partial charge is 0.496 e. The molecule has 2 aromatic carbocycles. The van der Waals surface area contributed by atoms with E-state index in [1.54, 1.807) is 26.2 Å². The minimum Gasteiger partial charge on any atom is -0.496 e. The van der Waals surface area contributed by atoms with Crippen LogP contribution >= 0.6 is 0 Å². The molecular weight excluding hydrogens is 360 g/mol. The first-order chi connectivity index (χ1) is 13.6. The Morgan fingerprint density at radius 2 is 1.61 bits per heavy atom. The SMILES string of the molecule is COc1ccccc1CNC(=O)C(=O)N1CCc2cc(OC)c(OC)cc2C1. The van der Waals surface area contributed by atoms with Crippen molar-refractivity contribution in [3.8, 4) is 17.2 Å². The molecule has 2 aromatic rings. The van der Waals surface area contributed by atoms with Gasteiger partial charge < -0.3 is 24.4 Å². The van der Waals surface area contributed by atoms with Crippen molar-refractivity contribution in [2.45, 2.75) is 19.5 Å². The normalized spacial score (nSPS) is 12.8. The number of ether oxygens (including phenoxy) is 3. The molecule has 0 unspecified atom stereocenters. The third-order valence-electron chi connectivity index (χ3n) is 4.83. The Morgan fingerprint density at radius 3 is 2.29 bits per heavy atom. The van der Waals surface area contributed by atoms with Crippen LogP contribution in [-0.4, -0.2) is 44.6 Å². The minimum absolute atomic E-state index is 0.226. The lowest BCUT2D eigenvalue weighted by molar-refractivity contribution is -0.146. The van der Waals surface area contributed by atoms with Gasteiger partial charge in [-0.15, -0.1) is 0 Å². The highest BCUT2D eigenvalue weighted by Gasteiger charge is 2.27. The molecule has 148 valence electrons. The molecular formula is C21H24N2O5. The third kappa shape index (κ3) is 4.03. The predicted molar refractivity (Wildman–Crippen MR) is 104 cm³/mol. The zero-order valence-electron chi connectivity index (χ0n) is 16.3. The van der Waals surface area contributed by atoms with Crippen molar-refractivity contribution in [3.63, 3.8) is 0 Å². The fourth-order valence-corrected chi connectivity index (χ4v) is 3.30. The number of hydrogen-bond donors (Lipinski definition) is 1. The van der Waals surface area contributed by atoms with Crippen LogP contribution in [0.5, 0.6) is 17.2 Å². The number of methoxy groups -OCH3 is 3. The highest BCUT2D eigenvalue weighted by Crippen LogP contribution is 2.33. The van der Waals surface area contributed by atoms with Crippen molar-refractivity contribution in [1.82, 2.24) is 10.2 Å². The highest BCUT2D eigenvalue weighted by atomic mass is 16.5. The number of carbonyl (C=O) groups excluding carboxylic acids is 2. The summed E-state index contributed by atoms with van der Waals surface area (Å²) >= 11 is 0. The lowest BCUT2D eigenvalue weighted by Crippen LogP contribution is -2.44. The van der Waals surface area contributed by atoms with E-state index in [4.69, 9.17) is 14.2 Å². The van der Waals surface area contributed by atoms with Crippen molar-refractivity contribution in [2.75, 3.05) is 27.9 Å². The van der Waals surface area contributed by atoms with Gasteiger partial charge in [0.1, 0.15) is 5.75 Å². The molecule has 0 radical (unpaired) electrons. The average Bonchev–Trinajstić information content (AvgIpc) is 2.75. The molecule has 0 aromatic heterocycles. The van der Waals surface area contributed by atoms with Gasteiger partial charge in [-0.1, -0.05) is 18.2 Å². The number of nitrogens with zero attached hydrogens (tertiary/aromatic N) is 1. The number of fused-ring (bicyclic) bond motifs is 1. The molecule has 28 heavy (non-hydrogen) atoms. The molecule has 0 saturated carbocycles. The van der Waals surface area contributed by atoms with Crippen LogP contribution in [0.25, 0.3) is 0 Å². The quantitative estimate of drug-likeness (QED) is 0.797. The van der Waals surface area contributed by atoms with Crippen LogP contribution in [0.2, 0.25) is 0 Å². The molecule has 0 aliphatic carbocycles. The monoisotopic (exact) mass is 384 g/mol. The Morgan fingerprint density at radius 1 is 0.964 bits per heavy atom. The van der Waals surface area contributed by atoms with Crippen molar-refractivity contribution in [3.05, 3.63) is 53.1 Å². The fourth-order valence-electron chi connectivity index (χ4n) is 3.30. The predicted octanol–water partition coefficient (Wildman–Crippen LogP) is 1.91. The summed E-state index contributed by atoms with van der Waals surface area (Å²) in [5.74, 6) is 0.764. The number of amides is 2. The molecule has 1 heterocycles. The van der Waals surface area contributed by atoms with Crippen LogP contribution in [0.3, 0.4) is 0 Å². The van der Waals surface area contributed by atoms with Gasteiger partial charge in [-0.3, -0.25) is 9.59 Å². The van der Waals surface area contributed by atoms with E-state index in [0.717, 1.165) is 16.7 Å². The first-order valence-corrected chi connectivity index (χ1v) is 9.00. The molecule has 1 N–H and O–H groups in total. The molecule has 0 atom stereocenters. The van der Waals surface area contributed by atoms with Gasteiger partial charge >= 0.3 is 11.8 Å². The van der Waals surface area contributed by atoms with Gasteiger partial charge in [0.05, 0.1) is 21.3 Å². The molecule has 1 aliphatic rings. The van der Waals surface area contributed by atoms with E-state index in [0.29, 0.717) is 36.8 Å². The van der Waals surface area contributed by atoms with E-state index in [2.05, 4.69) is 5.32 Å². The number of para-hydroxylation sites is 1. The second kappa shape index (κ2) is 8.65. The zero-order valence-corrected chi connectivity index (χ0v) is 16.3. The van der Waals surface area contributed by atoms with E-state index in [-0.39, 0.29) is 6.54 Å². The lowest BCUT2D eigenvalue weighted by atomic mass is 9.98. The van der Waals surface area contributed by atoms with Crippen LogP contribution in [0.1, 0.15) is 16.7 Å². The number of benzene rings is 2. The van der Waals surface area contributed by atoms with E-state index in [1.807, 2.05) is 36.4 Å². The topological polar surface area (TPSA) is 77.1 Å². The molecule has 0 spiro atoms. The zero-order chi connectivity index (χ0) is 20.1. The van der Waals surface area contributed by atoms with Gasteiger partial charge in [-0.05, 0) is 35.7 Å². The smallest absolute Gasteiger partial charge is 0.312 e. The Labute approximate surface area is 164 Å². The number of hydrogen-bond acceptors (Lipinski definition) is 5. The second-order valence-electron chi connectivity index (χ2n) is 6.45. The summed E-state index contributed by atoms with van der Waals surface area (Å²) in [5.41, 5.74) is 2.86. The molecule has 7 nitrogen and oxygen atoms in total. The summed E-state index contributed by atoms with van der Waals surface area (Å²) in [6.45, 7) is 1.06. The van der Waals surface area contributed by atoms with Crippen LogP contribution < -0.4 is 19.5 Å². The summed E-state index contributed by atoms with van der Waals surface area (Å²) in [4.78, 5) is 26.5. The van der Waals surface area contributed by atoms with E-state index >= 15 is 0 Å². The van der Waals surface area contributed by atoms with Gasteiger partial charge in [0.2, 0.25) is 0 Å². The lowest BCUT2D eigenvalue weighted by Gasteiger charge is -2.29. The van der Waals surface area contributed by atoms with Crippen LogP contribution in [0.15, 0.2) is 36.4 Å². The molecule has 0 saturated heterocycles. The molecule has 1 aliphatic heterocycles. The minimum atomic E-state index is -0.630. The third-order valence-corrected chi connectivity index (χ3v) is 4.83. The summed E-state index contributed by atoms with van der Waals surface area (Å²) in [6.07, 6.45) is 0.654. The Bertz CT molecular complexity index is 881. The van der Waals surface area contributed by atoms with Gasteiger partial charge in [-0.25, -0.2) is 0 Å². The van der Waals surface area contributed by atoms with Gasteiger partial charge in [0, 0.05) is 25.2 Å². The summed E-state index contributed by atoms with van der Waals surface area (Å²) in [7, 11) is 4.73. The maximum atomic E-state index is 12.6. The molecule has 0 bridgehead atoms. The number of nitrogens with one attached hydrogen (secondary N) is 1. The second-order valence-corrected chi connectivity index (χ2v) is 6.45. The Kier molecular flexibility index (Phi) is 6.03. The molecule has 7 heteroatoms. The van der Waals surface area contributed by atoms with Crippen molar-refractivity contribution in [1.29, 1.82) is 0 Å². The van der Waals surface area contributed by atoms with Crippen LogP contribution in [0.4, 0.5) is 0 Å². The van der Waals surface area contributed by atoms with Gasteiger partial charge in [-0.2, -0.15) is 0 Å². The maximum Gasteiger partial charge on any atom is 0.312 e. The fraction of sp³-hybridized carbons (Fsp3) is 0.333. The first kappa shape index (κ1) is 19.5. The maximum absolute atomic E-state index is 12.6. The molecule has 2 amide bonds. The molecule has 3 rings (SSSR count). The van der Waals surface area contributed by atoms with Gasteiger partial charge in [0.15, 0.2) is 11.5 Å². The first-order valence-electron chi connectivity index (χ1n) is 9.00. The van der Waals surface area contributed by atoms with E-state index in [9.17, 15) is 9.59 Å². The van der Waals surface area contributed by atoms with E-state index in [1.165, 1.54) is 0 Å². The highest BCUT2D eigenvalue weighted by molar-refractivity contribution is 6.34. The molecule has 0 fully saturated rings. The standard InChI is InChI=1S/C21H24N2O5/c1-26-17-7-5-4-6-15(17)12-22-20(24)21(25)23-9-8-14-10-18(27-2)19(28-3)11-16(14)13-23/h4-7,10-11H,8-9,12-13H2,1-3H3,(H,22,24). The van der Waals surface area contributed by atoms with Crippen LogP contribution in [-0.2, 0) is 29.1 Å². The Hall–Kier alpha value is -3.22. The van der Waals surface area contributed by atoms with Crippen LogP contribution in [0, 0.1) is 0 Å². The number of rotatable bonds is 5.